The molecule has 0 aromatic carbocycles. The van der Waals surface area contributed by atoms with Gasteiger partial charge in [0.2, 0.25) is 0 Å². The van der Waals surface area contributed by atoms with Gasteiger partial charge in [-0.1, -0.05) is 0 Å². The lowest BCUT2D eigenvalue weighted by Gasteiger charge is -2.40. The highest BCUT2D eigenvalue weighted by Gasteiger charge is 2.40. The van der Waals surface area contributed by atoms with E-state index in [0.717, 1.165) is 39.1 Å². The second-order valence-electron chi connectivity index (χ2n) is 4.58. The van der Waals surface area contributed by atoms with Crippen molar-refractivity contribution in [2.75, 3.05) is 32.9 Å². The number of likely N-dealkylation sites (tertiary alicyclic amines) is 1. The molecule has 2 aliphatic rings. The van der Waals surface area contributed by atoms with Crippen LogP contribution in [-0.2, 0) is 9.47 Å². The summed E-state index contributed by atoms with van der Waals surface area (Å²) in [6.45, 7) is 6.17. The van der Waals surface area contributed by atoms with Crippen LogP contribution in [0.5, 0.6) is 0 Å². The normalized spacial score (nSPS) is 24.7. The lowest BCUT2D eigenvalue weighted by Crippen LogP contribution is -2.52. The Morgan fingerprint density at radius 2 is 1.94 bits per heavy atom. The average Bonchev–Trinajstić information content (AvgIpc) is 2.83. The topological polar surface area (TPSA) is 45.5 Å². The largest absolute Gasteiger partial charge is 0.381 e. The van der Waals surface area contributed by atoms with Crippen LogP contribution in [0.4, 0.5) is 0 Å². The van der Waals surface area contributed by atoms with E-state index >= 15 is 0 Å². The molecule has 4 heteroatoms. The second-order valence-corrected chi connectivity index (χ2v) is 4.58. The minimum absolute atomic E-state index is 0.364. The number of hydrogen-bond donors (Lipinski definition) is 1. The number of nitrogens with one attached hydrogen (secondary N) is 1. The molecular weight excluding hydrogens is 204 g/mol. The lowest BCUT2D eigenvalue weighted by molar-refractivity contribution is -0.0698. The molecule has 0 saturated carbocycles. The Morgan fingerprint density at radius 1 is 1.31 bits per heavy atom. The zero-order chi connectivity index (χ0) is 11.4. The zero-order valence-electron chi connectivity index (χ0n) is 10.1. The van der Waals surface area contributed by atoms with E-state index in [1.807, 2.05) is 6.92 Å². The average molecular weight is 226 g/mol. The van der Waals surface area contributed by atoms with Crippen LogP contribution in [0.25, 0.3) is 0 Å². The first-order valence-corrected chi connectivity index (χ1v) is 6.34. The summed E-state index contributed by atoms with van der Waals surface area (Å²) in [6, 6.07) is 0. The standard InChI is InChI=1S/C12H22N2O2/c1-2-16-12(5-9-15-10-6-12)11(13)14-7-3-4-8-14/h13H,2-10H2,1H3. The molecule has 0 spiro atoms. The monoisotopic (exact) mass is 226 g/mol. The van der Waals surface area contributed by atoms with E-state index in [2.05, 4.69) is 4.90 Å². The Hall–Kier alpha value is -0.610. The molecule has 1 N–H and O–H groups in total. The molecule has 2 saturated heterocycles. The predicted molar refractivity (Wildman–Crippen MR) is 62.9 cm³/mol. The fraction of sp³-hybridized carbons (Fsp3) is 0.917. The number of nitrogens with zero attached hydrogens (tertiary/aromatic N) is 1. The van der Waals surface area contributed by atoms with Crippen LogP contribution in [0.15, 0.2) is 0 Å². The SMILES string of the molecule is CCOC1(C(=N)N2CCCC2)CCOCC1. The van der Waals surface area contributed by atoms with Crippen LogP contribution in [-0.4, -0.2) is 49.2 Å². The fourth-order valence-electron chi connectivity index (χ4n) is 2.66. The van der Waals surface area contributed by atoms with E-state index in [-0.39, 0.29) is 5.60 Å². The fourth-order valence-corrected chi connectivity index (χ4v) is 2.66. The van der Waals surface area contributed by atoms with Gasteiger partial charge >= 0.3 is 0 Å². The number of ether oxygens (including phenoxy) is 2. The van der Waals surface area contributed by atoms with Crippen LogP contribution in [0.3, 0.4) is 0 Å². The first-order valence-electron chi connectivity index (χ1n) is 6.34. The van der Waals surface area contributed by atoms with Crippen molar-refractivity contribution in [1.82, 2.24) is 4.90 Å². The first kappa shape index (κ1) is 11.9. The second kappa shape index (κ2) is 5.15. The summed E-state index contributed by atoms with van der Waals surface area (Å²) < 4.78 is 11.3. The van der Waals surface area contributed by atoms with Gasteiger partial charge in [0.05, 0.1) is 0 Å². The molecule has 0 atom stereocenters. The van der Waals surface area contributed by atoms with Crippen molar-refractivity contribution in [2.45, 2.75) is 38.2 Å². The number of amidine groups is 1. The van der Waals surface area contributed by atoms with E-state index in [4.69, 9.17) is 14.9 Å². The van der Waals surface area contributed by atoms with Crippen molar-refractivity contribution in [3.05, 3.63) is 0 Å². The minimum atomic E-state index is -0.364. The molecule has 0 amide bonds. The molecule has 0 unspecified atom stereocenters. The van der Waals surface area contributed by atoms with E-state index in [0.29, 0.717) is 12.4 Å². The van der Waals surface area contributed by atoms with Gasteiger partial charge in [0.25, 0.3) is 0 Å². The first-order chi connectivity index (χ1) is 7.78. The number of rotatable bonds is 3. The van der Waals surface area contributed by atoms with Gasteiger partial charge in [-0.3, -0.25) is 5.41 Å². The molecule has 0 aromatic heterocycles. The third kappa shape index (κ3) is 2.23. The summed E-state index contributed by atoms with van der Waals surface area (Å²) in [7, 11) is 0. The van der Waals surface area contributed by atoms with Crippen LogP contribution in [0.2, 0.25) is 0 Å². The Morgan fingerprint density at radius 3 is 2.50 bits per heavy atom. The summed E-state index contributed by atoms with van der Waals surface area (Å²) in [5.41, 5.74) is -0.364. The van der Waals surface area contributed by atoms with Gasteiger partial charge in [-0.15, -0.1) is 0 Å². The molecule has 0 aromatic rings. The molecular formula is C12H22N2O2. The molecule has 2 rings (SSSR count). The molecule has 0 radical (unpaired) electrons. The van der Waals surface area contributed by atoms with Crippen molar-refractivity contribution < 1.29 is 9.47 Å². The Labute approximate surface area is 97.4 Å². The predicted octanol–water partition coefficient (Wildman–Crippen LogP) is 1.65. The maximum atomic E-state index is 8.38. The smallest absolute Gasteiger partial charge is 0.129 e. The lowest BCUT2D eigenvalue weighted by atomic mass is 9.91. The van der Waals surface area contributed by atoms with Gasteiger partial charge in [-0.25, -0.2) is 0 Å². The summed E-state index contributed by atoms with van der Waals surface area (Å²) in [4.78, 5) is 2.18. The highest BCUT2D eigenvalue weighted by molar-refractivity contribution is 5.88. The van der Waals surface area contributed by atoms with Gasteiger partial charge in [-0.05, 0) is 19.8 Å². The van der Waals surface area contributed by atoms with E-state index in [1.165, 1.54) is 12.8 Å². The van der Waals surface area contributed by atoms with Crippen molar-refractivity contribution in [3.63, 3.8) is 0 Å². The summed E-state index contributed by atoms with van der Waals surface area (Å²) in [6.07, 6.45) is 4.08. The van der Waals surface area contributed by atoms with E-state index < -0.39 is 0 Å². The van der Waals surface area contributed by atoms with Crippen LogP contribution < -0.4 is 0 Å². The Bertz CT molecular complexity index is 238. The van der Waals surface area contributed by atoms with Crippen molar-refractivity contribution in [2.24, 2.45) is 0 Å². The molecule has 92 valence electrons. The van der Waals surface area contributed by atoms with Crippen LogP contribution >= 0.6 is 0 Å². The van der Waals surface area contributed by atoms with Gasteiger partial charge < -0.3 is 14.4 Å². The molecule has 16 heavy (non-hydrogen) atoms. The van der Waals surface area contributed by atoms with Crippen LogP contribution in [0.1, 0.15) is 32.6 Å². The van der Waals surface area contributed by atoms with E-state index in [1.54, 1.807) is 0 Å². The third-order valence-electron chi connectivity index (χ3n) is 3.57. The molecule has 2 fully saturated rings. The van der Waals surface area contributed by atoms with Crippen molar-refractivity contribution >= 4 is 5.84 Å². The Kier molecular flexibility index (Phi) is 3.82. The van der Waals surface area contributed by atoms with Gasteiger partial charge in [0.1, 0.15) is 11.4 Å². The molecule has 4 nitrogen and oxygen atoms in total. The maximum Gasteiger partial charge on any atom is 0.129 e. The molecule has 0 bridgehead atoms. The highest BCUT2D eigenvalue weighted by Crippen LogP contribution is 2.29. The quantitative estimate of drug-likeness (QED) is 0.588. The van der Waals surface area contributed by atoms with Gasteiger partial charge in [-0.2, -0.15) is 0 Å². The van der Waals surface area contributed by atoms with Gasteiger partial charge in [0, 0.05) is 45.8 Å². The third-order valence-corrected chi connectivity index (χ3v) is 3.57. The van der Waals surface area contributed by atoms with Crippen LogP contribution in [0, 0.1) is 5.41 Å². The zero-order valence-corrected chi connectivity index (χ0v) is 10.1. The molecule has 0 aliphatic carbocycles. The number of hydrogen-bond acceptors (Lipinski definition) is 3. The molecule has 2 aliphatic heterocycles. The maximum absolute atomic E-state index is 8.38. The summed E-state index contributed by atoms with van der Waals surface area (Å²) in [5.74, 6) is 0.690. The van der Waals surface area contributed by atoms with Gasteiger partial charge in [0.15, 0.2) is 0 Å². The van der Waals surface area contributed by atoms with E-state index in [9.17, 15) is 0 Å². The van der Waals surface area contributed by atoms with Crippen molar-refractivity contribution in [3.8, 4) is 0 Å². The summed E-state index contributed by atoms with van der Waals surface area (Å²) in [5, 5.41) is 8.38. The molecule has 2 heterocycles. The highest BCUT2D eigenvalue weighted by atomic mass is 16.5. The Balaban J connectivity index is 2.07. The summed E-state index contributed by atoms with van der Waals surface area (Å²) >= 11 is 0. The van der Waals surface area contributed by atoms with Crippen molar-refractivity contribution in [1.29, 1.82) is 5.41 Å². The minimum Gasteiger partial charge on any atom is -0.381 e.